The Kier molecular flexibility index (Phi) is 3.66. The molecule has 2 aromatic rings. The molecule has 0 amide bonds. The molecular weight excluding hydrogens is 242 g/mol. The molecule has 1 aromatic heterocycles. The van der Waals surface area contributed by atoms with Crippen molar-refractivity contribution in [1.82, 2.24) is 10.3 Å². The van der Waals surface area contributed by atoms with E-state index in [0.717, 1.165) is 49.5 Å². The lowest BCUT2D eigenvalue weighted by molar-refractivity contribution is 0.0753. The average Bonchev–Trinajstić information content (AvgIpc) is 2.79. The molecule has 0 radical (unpaired) electrons. The van der Waals surface area contributed by atoms with E-state index in [0.29, 0.717) is 11.9 Å². The molecular formula is C14H19N3O2. The highest BCUT2D eigenvalue weighted by molar-refractivity contribution is 5.77. The van der Waals surface area contributed by atoms with Crippen molar-refractivity contribution in [3.63, 3.8) is 0 Å². The van der Waals surface area contributed by atoms with Crippen LogP contribution >= 0.6 is 0 Å². The van der Waals surface area contributed by atoms with Crippen molar-refractivity contribution in [1.29, 1.82) is 0 Å². The number of aryl methyl sites for hydroxylation is 1. The molecule has 1 fully saturated rings. The van der Waals surface area contributed by atoms with Gasteiger partial charge < -0.3 is 19.8 Å². The summed E-state index contributed by atoms with van der Waals surface area (Å²) in [5.41, 5.74) is 2.81. The maximum Gasteiger partial charge on any atom is 0.192 e. The number of fused-ring (bicyclic) bond motifs is 1. The number of oxazole rings is 1. The molecule has 0 spiro atoms. The number of ether oxygens (including phenoxy) is 1. The van der Waals surface area contributed by atoms with E-state index in [-0.39, 0.29) is 0 Å². The minimum absolute atomic E-state index is 0.456. The Balaban J connectivity index is 1.55. The molecule has 5 nitrogen and oxygen atoms in total. The van der Waals surface area contributed by atoms with E-state index in [1.807, 2.05) is 25.1 Å². The molecule has 0 aliphatic carbocycles. The highest BCUT2D eigenvalue weighted by Gasteiger charge is 2.12. The number of benzene rings is 1. The van der Waals surface area contributed by atoms with Gasteiger partial charge in [-0.2, -0.15) is 0 Å². The van der Waals surface area contributed by atoms with Crippen molar-refractivity contribution < 1.29 is 9.15 Å². The summed E-state index contributed by atoms with van der Waals surface area (Å²) in [6.45, 7) is 5.36. The summed E-state index contributed by atoms with van der Waals surface area (Å²) in [5.74, 6) is 0.704. The number of nitrogens with one attached hydrogen (secondary N) is 2. The molecule has 1 unspecified atom stereocenters. The lowest BCUT2D eigenvalue weighted by atomic mass is 10.2. The second-order valence-corrected chi connectivity index (χ2v) is 4.86. The quantitative estimate of drug-likeness (QED) is 0.880. The molecule has 5 heteroatoms. The molecule has 3 rings (SSSR count). The molecule has 1 aliphatic heterocycles. The summed E-state index contributed by atoms with van der Waals surface area (Å²) in [7, 11) is 0. The van der Waals surface area contributed by atoms with Crippen LogP contribution in [0.3, 0.4) is 0 Å². The Bertz CT molecular complexity index is 547. The Hall–Kier alpha value is -1.59. The van der Waals surface area contributed by atoms with Gasteiger partial charge in [-0.05, 0) is 18.6 Å². The smallest absolute Gasteiger partial charge is 0.192 e. The molecule has 2 N–H and O–H groups in total. The first-order valence-electron chi connectivity index (χ1n) is 6.73. The summed E-state index contributed by atoms with van der Waals surface area (Å²) in [5, 5.41) is 6.85. The minimum Gasteiger partial charge on any atom is -0.441 e. The third-order valence-electron chi connectivity index (χ3n) is 3.32. The lowest BCUT2D eigenvalue weighted by Gasteiger charge is -2.23. The molecule has 0 saturated carbocycles. The first-order valence-corrected chi connectivity index (χ1v) is 6.73. The zero-order valence-corrected chi connectivity index (χ0v) is 11.1. The zero-order valence-electron chi connectivity index (χ0n) is 11.1. The zero-order chi connectivity index (χ0) is 13.1. The lowest BCUT2D eigenvalue weighted by Crippen LogP contribution is -2.42. The summed E-state index contributed by atoms with van der Waals surface area (Å²) >= 11 is 0. The van der Waals surface area contributed by atoms with Gasteiger partial charge in [-0.25, -0.2) is 4.98 Å². The number of anilines is 1. The van der Waals surface area contributed by atoms with Crippen molar-refractivity contribution in [3.05, 3.63) is 24.1 Å². The van der Waals surface area contributed by atoms with Gasteiger partial charge in [0.2, 0.25) is 0 Å². The van der Waals surface area contributed by atoms with Crippen LogP contribution in [-0.4, -0.2) is 37.3 Å². The predicted octanol–water partition coefficient (Wildman–Crippen LogP) is 1.93. The van der Waals surface area contributed by atoms with Crippen LogP contribution in [0.1, 0.15) is 12.3 Å². The van der Waals surface area contributed by atoms with E-state index in [1.54, 1.807) is 0 Å². The van der Waals surface area contributed by atoms with Gasteiger partial charge in [0.25, 0.3) is 0 Å². The first kappa shape index (κ1) is 12.4. The van der Waals surface area contributed by atoms with Crippen LogP contribution in [-0.2, 0) is 4.74 Å². The average molecular weight is 261 g/mol. The predicted molar refractivity (Wildman–Crippen MR) is 74.5 cm³/mol. The second-order valence-electron chi connectivity index (χ2n) is 4.86. The summed E-state index contributed by atoms with van der Waals surface area (Å²) in [6, 6.07) is 6.48. The third-order valence-corrected chi connectivity index (χ3v) is 3.32. The third kappa shape index (κ3) is 3.05. The van der Waals surface area contributed by atoms with E-state index in [9.17, 15) is 0 Å². The Morgan fingerprint density at radius 3 is 3.26 bits per heavy atom. The first-order chi connectivity index (χ1) is 9.31. The van der Waals surface area contributed by atoms with Crippen molar-refractivity contribution in [2.24, 2.45) is 0 Å². The van der Waals surface area contributed by atoms with Crippen LogP contribution in [0.4, 0.5) is 5.69 Å². The van der Waals surface area contributed by atoms with Crippen molar-refractivity contribution in [2.45, 2.75) is 19.4 Å². The van der Waals surface area contributed by atoms with Crippen molar-refractivity contribution in [2.75, 3.05) is 31.6 Å². The van der Waals surface area contributed by atoms with Crippen molar-refractivity contribution in [3.8, 4) is 0 Å². The standard InChI is InChI=1S/C14H19N3O2/c1-10-17-13-3-2-11(8-14(13)19-10)15-5-4-12-9-18-7-6-16-12/h2-3,8,12,15-16H,4-7,9H2,1H3. The minimum atomic E-state index is 0.456. The maximum atomic E-state index is 5.52. The Labute approximate surface area is 112 Å². The number of morpholine rings is 1. The fraction of sp³-hybridized carbons (Fsp3) is 0.500. The van der Waals surface area contributed by atoms with Crippen LogP contribution in [0.2, 0.25) is 0 Å². The number of aromatic nitrogens is 1. The normalized spacial score (nSPS) is 19.7. The van der Waals surface area contributed by atoms with E-state index >= 15 is 0 Å². The van der Waals surface area contributed by atoms with Gasteiger partial charge in [0.1, 0.15) is 5.52 Å². The highest BCUT2D eigenvalue weighted by atomic mass is 16.5. The van der Waals surface area contributed by atoms with E-state index in [4.69, 9.17) is 9.15 Å². The topological polar surface area (TPSA) is 59.3 Å². The molecule has 2 heterocycles. The van der Waals surface area contributed by atoms with Gasteiger partial charge in [-0.1, -0.05) is 0 Å². The van der Waals surface area contributed by atoms with Crippen LogP contribution in [0.5, 0.6) is 0 Å². The maximum absolute atomic E-state index is 5.52. The van der Waals surface area contributed by atoms with Gasteiger partial charge in [0.05, 0.1) is 13.2 Å². The molecule has 19 heavy (non-hydrogen) atoms. The number of hydrogen-bond donors (Lipinski definition) is 2. The summed E-state index contributed by atoms with van der Waals surface area (Å²) in [6.07, 6.45) is 1.05. The van der Waals surface area contributed by atoms with Crippen molar-refractivity contribution >= 4 is 16.8 Å². The van der Waals surface area contributed by atoms with E-state index < -0.39 is 0 Å². The Morgan fingerprint density at radius 2 is 2.42 bits per heavy atom. The molecule has 1 aromatic carbocycles. The van der Waals surface area contributed by atoms with E-state index in [1.165, 1.54) is 0 Å². The van der Waals surface area contributed by atoms with Gasteiger partial charge >= 0.3 is 0 Å². The van der Waals surface area contributed by atoms with Crippen LogP contribution in [0, 0.1) is 6.92 Å². The fourth-order valence-electron chi connectivity index (χ4n) is 2.35. The van der Waals surface area contributed by atoms with E-state index in [2.05, 4.69) is 15.6 Å². The molecule has 102 valence electrons. The highest BCUT2D eigenvalue weighted by Crippen LogP contribution is 2.19. The van der Waals surface area contributed by atoms with Gasteiger partial charge in [-0.15, -0.1) is 0 Å². The van der Waals surface area contributed by atoms with Crippen LogP contribution in [0.15, 0.2) is 22.6 Å². The largest absolute Gasteiger partial charge is 0.441 e. The molecule has 1 saturated heterocycles. The summed E-state index contributed by atoms with van der Waals surface area (Å²) in [4.78, 5) is 4.29. The van der Waals surface area contributed by atoms with Gasteiger partial charge in [-0.3, -0.25) is 0 Å². The number of nitrogens with zero attached hydrogens (tertiary/aromatic N) is 1. The van der Waals surface area contributed by atoms with Gasteiger partial charge in [0, 0.05) is 37.8 Å². The number of hydrogen-bond acceptors (Lipinski definition) is 5. The van der Waals surface area contributed by atoms with Crippen LogP contribution < -0.4 is 10.6 Å². The SMILES string of the molecule is Cc1nc2ccc(NCCC3COCCN3)cc2o1. The van der Waals surface area contributed by atoms with Gasteiger partial charge in [0.15, 0.2) is 11.5 Å². The molecule has 1 aliphatic rings. The fourth-order valence-corrected chi connectivity index (χ4v) is 2.35. The molecule has 0 bridgehead atoms. The Morgan fingerprint density at radius 1 is 1.47 bits per heavy atom. The monoisotopic (exact) mass is 261 g/mol. The second kappa shape index (κ2) is 5.59. The number of rotatable bonds is 4. The molecule has 1 atom stereocenters. The van der Waals surface area contributed by atoms with Crippen LogP contribution in [0.25, 0.3) is 11.1 Å². The summed E-state index contributed by atoms with van der Waals surface area (Å²) < 4.78 is 11.0.